The molecule has 1 N–H and O–H groups in total. The largest absolute Gasteiger partial charge is 0.469 e. The van der Waals surface area contributed by atoms with Gasteiger partial charge in [0.15, 0.2) is 0 Å². The van der Waals surface area contributed by atoms with Crippen LogP contribution >= 0.6 is 11.3 Å². The Morgan fingerprint density at radius 1 is 1.12 bits per heavy atom. The van der Waals surface area contributed by atoms with Gasteiger partial charge in [-0.15, -0.1) is 11.3 Å². The van der Waals surface area contributed by atoms with Crippen molar-refractivity contribution in [3.63, 3.8) is 0 Å². The summed E-state index contributed by atoms with van der Waals surface area (Å²) >= 11 is 1.60. The Labute approximate surface area is 193 Å². The van der Waals surface area contributed by atoms with Gasteiger partial charge in [-0.1, -0.05) is 38.1 Å². The monoisotopic (exact) mass is 450 g/mol. The Balaban J connectivity index is 1.65. The first-order valence-electron chi connectivity index (χ1n) is 11.2. The molecule has 32 heavy (non-hydrogen) atoms. The Morgan fingerprint density at radius 3 is 2.62 bits per heavy atom. The molecule has 168 valence electrons. The molecule has 0 bridgehead atoms. The van der Waals surface area contributed by atoms with Crippen molar-refractivity contribution < 1.29 is 14.0 Å². The highest BCUT2D eigenvalue weighted by Gasteiger charge is 2.44. The average Bonchev–Trinajstić information content (AvgIpc) is 3.48. The standard InChI is InChI=1S/C26H30N2O3S/c1-17(2)16-28-24(22-11-7-15-32-22)23(20-9-4-5-10-21(20)26(28)30)25(29)27-18(3)12-13-19-8-6-14-31-19/h4-11,14-15,17-18,23-24H,12-13,16H2,1-3H3,(H,27,29)/t18-,23+,24-/m1/s1. The Hall–Kier alpha value is -2.86. The third-order valence-electron chi connectivity index (χ3n) is 5.91. The minimum Gasteiger partial charge on any atom is -0.469 e. The predicted molar refractivity (Wildman–Crippen MR) is 127 cm³/mol. The summed E-state index contributed by atoms with van der Waals surface area (Å²) in [5, 5.41) is 5.23. The fourth-order valence-corrected chi connectivity index (χ4v) is 5.34. The number of rotatable bonds is 8. The summed E-state index contributed by atoms with van der Waals surface area (Å²) in [6.45, 7) is 6.83. The van der Waals surface area contributed by atoms with E-state index in [2.05, 4.69) is 19.2 Å². The molecule has 5 nitrogen and oxygen atoms in total. The van der Waals surface area contributed by atoms with Crippen LogP contribution in [0.3, 0.4) is 0 Å². The molecule has 2 aromatic heterocycles. The molecule has 3 atom stereocenters. The van der Waals surface area contributed by atoms with Gasteiger partial charge in [-0.2, -0.15) is 0 Å². The molecule has 0 aliphatic carbocycles. The zero-order valence-corrected chi connectivity index (χ0v) is 19.6. The number of amides is 2. The number of furan rings is 1. The molecule has 4 rings (SSSR count). The van der Waals surface area contributed by atoms with Gasteiger partial charge in [0.1, 0.15) is 5.76 Å². The maximum atomic E-state index is 13.7. The first kappa shape index (κ1) is 22.3. The maximum absolute atomic E-state index is 13.7. The number of aryl methyl sites for hydroxylation is 1. The Bertz CT molecular complexity index is 1040. The minimum atomic E-state index is -0.452. The van der Waals surface area contributed by atoms with Gasteiger partial charge in [-0.25, -0.2) is 0 Å². The zero-order valence-electron chi connectivity index (χ0n) is 18.8. The van der Waals surface area contributed by atoms with Crippen LogP contribution in [0.25, 0.3) is 0 Å². The Morgan fingerprint density at radius 2 is 1.94 bits per heavy atom. The molecular weight excluding hydrogens is 420 g/mol. The predicted octanol–water partition coefficient (Wildman–Crippen LogP) is 5.42. The number of hydrogen-bond acceptors (Lipinski definition) is 4. The molecular formula is C26H30N2O3S. The SMILES string of the molecule is CC(C)CN1C(=O)c2ccccc2[C@H](C(=O)N[C@H](C)CCc2ccco2)[C@H]1c1cccs1. The summed E-state index contributed by atoms with van der Waals surface area (Å²) in [6, 6.07) is 15.1. The number of hydrogen-bond donors (Lipinski definition) is 1. The van der Waals surface area contributed by atoms with E-state index in [1.807, 2.05) is 65.7 Å². The van der Waals surface area contributed by atoms with Crippen LogP contribution in [0.5, 0.6) is 0 Å². The van der Waals surface area contributed by atoms with Crippen molar-refractivity contribution in [1.82, 2.24) is 10.2 Å². The summed E-state index contributed by atoms with van der Waals surface area (Å²) in [5.74, 6) is 0.723. The van der Waals surface area contributed by atoms with Crippen molar-refractivity contribution in [3.8, 4) is 0 Å². The van der Waals surface area contributed by atoms with E-state index >= 15 is 0 Å². The molecule has 2 amide bonds. The van der Waals surface area contributed by atoms with Crippen molar-refractivity contribution in [2.24, 2.45) is 5.92 Å². The van der Waals surface area contributed by atoms with Gasteiger partial charge in [0.05, 0.1) is 18.2 Å². The molecule has 1 aliphatic heterocycles. The molecule has 0 unspecified atom stereocenters. The molecule has 0 fully saturated rings. The molecule has 3 aromatic rings. The summed E-state index contributed by atoms with van der Waals surface area (Å²) in [7, 11) is 0. The average molecular weight is 451 g/mol. The van der Waals surface area contributed by atoms with Gasteiger partial charge in [-0.3, -0.25) is 9.59 Å². The van der Waals surface area contributed by atoms with Crippen molar-refractivity contribution in [1.29, 1.82) is 0 Å². The summed E-state index contributed by atoms with van der Waals surface area (Å²) in [6.07, 6.45) is 3.22. The maximum Gasteiger partial charge on any atom is 0.254 e. The van der Waals surface area contributed by atoms with E-state index in [1.54, 1.807) is 17.6 Å². The van der Waals surface area contributed by atoms with E-state index in [0.717, 1.165) is 29.0 Å². The van der Waals surface area contributed by atoms with Crippen LogP contribution in [0.15, 0.2) is 64.6 Å². The fraction of sp³-hybridized carbons (Fsp3) is 0.385. The second-order valence-electron chi connectivity index (χ2n) is 8.90. The van der Waals surface area contributed by atoms with Crippen molar-refractivity contribution in [2.45, 2.75) is 51.6 Å². The number of carbonyl (C=O) groups is 2. The van der Waals surface area contributed by atoms with Crippen LogP contribution in [0.1, 0.15) is 65.7 Å². The fourth-order valence-electron chi connectivity index (χ4n) is 4.46. The lowest BCUT2D eigenvalue weighted by atomic mass is 9.81. The van der Waals surface area contributed by atoms with Gasteiger partial charge < -0.3 is 14.6 Å². The second kappa shape index (κ2) is 9.74. The highest BCUT2D eigenvalue weighted by Crippen LogP contribution is 2.44. The molecule has 1 aliphatic rings. The third kappa shape index (κ3) is 4.65. The van der Waals surface area contributed by atoms with E-state index in [9.17, 15) is 9.59 Å². The van der Waals surface area contributed by atoms with Crippen LogP contribution in [-0.2, 0) is 11.2 Å². The highest BCUT2D eigenvalue weighted by molar-refractivity contribution is 7.10. The lowest BCUT2D eigenvalue weighted by Gasteiger charge is -2.42. The lowest BCUT2D eigenvalue weighted by Crippen LogP contribution is -2.49. The van der Waals surface area contributed by atoms with Gasteiger partial charge in [0, 0.05) is 29.4 Å². The van der Waals surface area contributed by atoms with E-state index in [-0.39, 0.29) is 23.9 Å². The van der Waals surface area contributed by atoms with Crippen LogP contribution in [0.2, 0.25) is 0 Å². The number of carbonyl (C=O) groups excluding carboxylic acids is 2. The van der Waals surface area contributed by atoms with Crippen LogP contribution < -0.4 is 5.32 Å². The Kier molecular flexibility index (Phi) is 6.80. The first-order valence-corrected chi connectivity index (χ1v) is 12.1. The van der Waals surface area contributed by atoms with Gasteiger partial charge in [0.25, 0.3) is 5.91 Å². The number of benzene rings is 1. The third-order valence-corrected chi connectivity index (χ3v) is 6.85. The van der Waals surface area contributed by atoms with Crippen molar-refractivity contribution >= 4 is 23.2 Å². The summed E-state index contributed by atoms with van der Waals surface area (Å²) in [5.41, 5.74) is 1.44. The molecule has 0 saturated carbocycles. The van der Waals surface area contributed by atoms with Crippen LogP contribution in [0, 0.1) is 5.92 Å². The van der Waals surface area contributed by atoms with E-state index < -0.39 is 5.92 Å². The summed E-state index contributed by atoms with van der Waals surface area (Å²) in [4.78, 5) is 30.1. The van der Waals surface area contributed by atoms with E-state index in [4.69, 9.17) is 4.42 Å². The molecule has 3 heterocycles. The van der Waals surface area contributed by atoms with Gasteiger partial charge in [-0.05, 0) is 54.5 Å². The van der Waals surface area contributed by atoms with E-state index in [0.29, 0.717) is 18.0 Å². The van der Waals surface area contributed by atoms with Gasteiger partial charge >= 0.3 is 0 Å². The van der Waals surface area contributed by atoms with Crippen molar-refractivity contribution in [3.05, 3.63) is 81.9 Å². The first-order chi connectivity index (χ1) is 15.5. The van der Waals surface area contributed by atoms with Crippen molar-refractivity contribution in [2.75, 3.05) is 6.54 Å². The lowest BCUT2D eigenvalue weighted by molar-refractivity contribution is -0.124. The molecule has 6 heteroatoms. The second-order valence-corrected chi connectivity index (χ2v) is 9.88. The quantitative estimate of drug-likeness (QED) is 0.499. The molecule has 0 spiro atoms. The highest BCUT2D eigenvalue weighted by atomic mass is 32.1. The van der Waals surface area contributed by atoms with E-state index in [1.165, 1.54) is 0 Å². The van der Waals surface area contributed by atoms with Gasteiger partial charge in [0.2, 0.25) is 5.91 Å². The minimum absolute atomic E-state index is 0.00242. The number of thiophene rings is 1. The van der Waals surface area contributed by atoms with Crippen LogP contribution in [-0.4, -0.2) is 29.3 Å². The molecule has 0 saturated heterocycles. The topological polar surface area (TPSA) is 62.6 Å². The normalized spacial score (nSPS) is 19.1. The molecule has 0 radical (unpaired) electrons. The number of nitrogens with one attached hydrogen (secondary N) is 1. The summed E-state index contributed by atoms with van der Waals surface area (Å²) < 4.78 is 5.43. The number of fused-ring (bicyclic) bond motifs is 1. The number of nitrogens with zero attached hydrogens (tertiary/aromatic N) is 1. The smallest absolute Gasteiger partial charge is 0.254 e. The zero-order chi connectivity index (χ0) is 22.7. The van der Waals surface area contributed by atoms with Crippen LogP contribution in [0.4, 0.5) is 0 Å². The molecule has 1 aromatic carbocycles.